The van der Waals surface area contributed by atoms with Gasteiger partial charge in [0.05, 0.1) is 24.9 Å². The second-order valence-electron chi connectivity index (χ2n) is 5.19. The summed E-state index contributed by atoms with van der Waals surface area (Å²) in [5.41, 5.74) is 0.703. The van der Waals surface area contributed by atoms with E-state index in [1.165, 1.54) is 17.1 Å². The third-order valence-electron chi connectivity index (χ3n) is 4.02. The molecule has 4 nitrogen and oxygen atoms in total. The molecule has 2 aliphatic heterocycles. The van der Waals surface area contributed by atoms with Gasteiger partial charge in [-0.05, 0) is 25.4 Å². The van der Waals surface area contributed by atoms with Crippen molar-refractivity contribution < 1.29 is 9.47 Å². The van der Waals surface area contributed by atoms with Gasteiger partial charge in [-0.2, -0.15) is 0 Å². The van der Waals surface area contributed by atoms with Gasteiger partial charge in [0.2, 0.25) is 0 Å². The molecule has 0 aromatic carbocycles. The summed E-state index contributed by atoms with van der Waals surface area (Å²) in [5, 5.41) is 5.67. The molecule has 17 heavy (non-hydrogen) atoms. The quantitative estimate of drug-likeness (QED) is 0.829. The molecule has 1 N–H and O–H groups in total. The van der Waals surface area contributed by atoms with Crippen LogP contribution in [-0.2, 0) is 9.47 Å². The van der Waals surface area contributed by atoms with E-state index in [-0.39, 0.29) is 17.2 Å². The van der Waals surface area contributed by atoms with Gasteiger partial charge in [0.15, 0.2) is 0 Å². The maximum absolute atomic E-state index is 6.17. The highest BCUT2D eigenvalue weighted by Crippen LogP contribution is 2.48. The molecule has 2 saturated heterocycles. The lowest BCUT2D eigenvalue weighted by Gasteiger charge is -2.48. The summed E-state index contributed by atoms with van der Waals surface area (Å²) in [4.78, 5) is 0. The molecule has 2 unspecified atom stereocenters. The Hall–Kier alpha value is -0.490. The van der Waals surface area contributed by atoms with Crippen molar-refractivity contribution in [3.05, 3.63) is 17.1 Å². The molecule has 0 saturated carbocycles. The summed E-state index contributed by atoms with van der Waals surface area (Å²) in [6.07, 6.45) is 2.88. The van der Waals surface area contributed by atoms with Crippen molar-refractivity contribution >= 4 is 11.5 Å². The number of aromatic nitrogens is 1. The Balaban J connectivity index is 2.00. The van der Waals surface area contributed by atoms with Crippen LogP contribution in [0, 0.1) is 0 Å². The van der Waals surface area contributed by atoms with Gasteiger partial charge in [0.25, 0.3) is 0 Å². The number of morpholine rings is 1. The first-order valence-electron chi connectivity index (χ1n) is 6.06. The molecule has 0 aliphatic carbocycles. The summed E-state index contributed by atoms with van der Waals surface area (Å²) in [6, 6.07) is 0.187. The molecular formula is C12H18N2O2S. The Kier molecular flexibility index (Phi) is 2.74. The molecule has 3 heterocycles. The van der Waals surface area contributed by atoms with Gasteiger partial charge in [-0.1, -0.05) is 0 Å². The highest BCUT2D eigenvalue weighted by Gasteiger charge is 2.58. The van der Waals surface area contributed by atoms with E-state index < -0.39 is 0 Å². The van der Waals surface area contributed by atoms with E-state index in [9.17, 15) is 0 Å². The lowest BCUT2D eigenvalue weighted by molar-refractivity contribution is -0.172. The second kappa shape index (κ2) is 4.02. The number of nitrogens with one attached hydrogen (secondary N) is 1. The fourth-order valence-electron chi connectivity index (χ4n) is 3.05. The molecule has 0 bridgehead atoms. The number of rotatable bonds is 1. The van der Waals surface area contributed by atoms with Crippen LogP contribution < -0.4 is 5.32 Å². The lowest BCUT2D eigenvalue weighted by Crippen LogP contribution is -2.60. The smallest absolute Gasteiger partial charge is 0.118 e. The van der Waals surface area contributed by atoms with Crippen LogP contribution in [0.25, 0.3) is 0 Å². The van der Waals surface area contributed by atoms with Crippen molar-refractivity contribution in [2.75, 3.05) is 19.8 Å². The molecule has 0 radical (unpaired) electrons. The zero-order valence-electron chi connectivity index (χ0n) is 10.2. The fraction of sp³-hybridized carbons (Fsp3) is 0.750. The fourth-order valence-corrected chi connectivity index (χ4v) is 3.61. The maximum Gasteiger partial charge on any atom is 0.118 e. The number of hydrogen-bond acceptors (Lipinski definition) is 5. The highest BCUT2D eigenvalue weighted by molar-refractivity contribution is 7.03. The Bertz CT molecular complexity index is 393. The zero-order chi connectivity index (χ0) is 11.9. The minimum atomic E-state index is -0.257. The first-order chi connectivity index (χ1) is 8.16. The first kappa shape index (κ1) is 11.6. The van der Waals surface area contributed by atoms with E-state index in [0.29, 0.717) is 0 Å². The molecule has 2 aliphatic rings. The standard InChI is InChI=1S/C12H18N2O2S/c1-11(2)12(3-5-15-11)10(13-4-6-16-12)9-7-14-17-8-9/h7-8,10,13H,3-6H2,1-2H3. The van der Waals surface area contributed by atoms with Crippen LogP contribution in [0.3, 0.4) is 0 Å². The van der Waals surface area contributed by atoms with Crippen LogP contribution >= 0.6 is 11.5 Å². The van der Waals surface area contributed by atoms with Crippen molar-refractivity contribution in [3.63, 3.8) is 0 Å². The van der Waals surface area contributed by atoms with Crippen LogP contribution in [-0.4, -0.2) is 35.3 Å². The van der Waals surface area contributed by atoms with E-state index in [2.05, 4.69) is 28.9 Å². The molecule has 3 rings (SSSR count). The molecule has 5 heteroatoms. The number of ether oxygens (including phenoxy) is 2. The van der Waals surface area contributed by atoms with Crippen LogP contribution in [0.4, 0.5) is 0 Å². The summed E-state index contributed by atoms with van der Waals surface area (Å²) < 4.78 is 16.3. The summed E-state index contributed by atoms with van der Waals surface area (Å²) in [5.74, 6) is 0. The lowest BCUT2D eigenvalue weighted by atomic mass is 9.76. The monoisotopic (exact) mass is 254 g/mol. The van der Waals surface area contributed by atoms with E-state index in [0.717, 1.165) is 26.2 Å². The molecule has 94 valence electrons. The minimum Gasteiger partial charge on any atom is -0.372 e. The van der Waals surface area contributed by atoms with Crippen molar-refractivity contribution in [2.24, 2.45) is 0 Å². The molecule has 0 amide bonds. The van der Waals surface area contributed by atoms with Gasteiger partial charge in [0.1, 0.15) is 5.60 Å². The summed E-state index contributed by atoms with van der Waals surface area (Å²) in [7, 11) is 0. The SMILES string of the molecule is CC1(C)OCCC12OCCNC2c1cnsc1. The third-order valence-corrected chi connectivity index (χ3v) is 4.62. The molecule has 1 aromatic heterocycles. The molecule has 1 spiro atoms. The van der Waals surface area contributed by atoms with Crippen molar-refractivity contribution in [3.8, 4) is 0 Å². The molecule has 1 aromatic rings. The van der Waals surface area contributed by atoms with Crippen molar-refractivity contribution in [1.29, 1.82) is 0 Å². The van der Waals surface area contributed by atoms with Crippen molar-refractivity contribution in [2.45, 2.75) is 37.5 Å². The summed E-state index contributed by atoms with van der Waals surface area (Å²) in [6.45, 7) is 6.65. The van der Waals surface area contributed by atoms with Crippen LogP contribution in [0.5, 0.6) is 0 Å². The third kappa shape index (κ3) is 1.64. The van der Waals surface area contributed by atoms with E-state index in [4.69, 9.17) is 9.47 Å². The maximum atomic E-state index is 6.17. The highest BCUT2D eigenvalue weighted by atomic mass is 32.1. The van der Waals surface area contributed by atoms with E-state index >= 15 is 0 Å². The van der Waals surface area contributed by atoms with Crippen LogP contribution in [0.15, 0.2) is 11.6 Å². The minimum absolute atomic E-state index is 0.187. The zero-order valence-corrected chi connectivity index (χ0v) is 11.0. The van der Waals surface area contributed by atoms with Gasteiger partial charge >= 0.3 is 0 Å². The van der Waals surface area contributed by atoms with Gasteiger partial charge in [-0.3, -0.25) is 0 Å². The van der Waals surface area contributed by atoms with Gasteiger partial charge < -0.3 is 14.8 Å². The predicted molar refractivity (Wildman–Crippen MR) is 66.2 cm³/mol. The predicted octanol–water partition coefficient (Wildman–Crippen LogP) is 1.74. The van der Waals surface area contributed by atoms with E-state index in [1.54, 1.807) is 0 Å². The number of hydrogen-bond donors (Lipinski definition) is 1. The Morgan fingerprint density at radius 1 is 1.41 bits per heavy atom. The normalized spacial score (nSPS) is 36.5. The Labute approximate surface area is 105 Å². The molecule has 2 atom stereocenters. The Morgan fingerprint density at radius 2 is 2.29 bits per heavy atom. The molecular weight excluding hydrogens is 236 g/mol. The first-order valence-corrected chi connectivity index (χ1v) is 6.90. The second-order valence-corrected chi connectivity index (χ2v) is 5.85. The average Bonchev–Trinajstić information content (AvgIpc) is 2.90. The van der Waals surface area contributed by atoms with Gasteiger partial charge in [0, 0.05) is 30.1 Å². The summed E-state index contributed by atoms with van der Waals surface area (Å²) >= 11 is 1.49. The van der Waals surface area contributed by atoms with Gasteiger partial charge in [-0.15, -0.1) is 0 Å². The average molecular weight is 254 g/mol. The molecule has 2 fully saturated rings. The van der Waals surface area contributed by atoms with E-state index in [1.807, 2.05) is 6.20 Å². The topological polar surface area (TPSA) is 43.4 Å². The van der Waals surface area contributed by atoms with Crippen molar-refractivity contribution in [1.82, 2.24) is 9.69 Å². The largest absolute Gasteiger partial charge is 0.372 e. The van der Waals surface area contributed by atoms with Crippen LogP contribution in [0.2, 0.25) is 0 Å². The van der Waals surface area contributed by atoms with Crippen LogP contribution in [0.1, 0.15) is 31.9 Å². The Morgan fingerprint density at radius 3 is 2.94 bits per heavy atom. The van der Waals surface area contributed by atoms with Gasteiger partial charge in [-0.25, -0.2) is 4.37 Å². The number of nitrogens with zero attached hydrogens (tertiary/aromatic N) is 1.